The number of ether oxygens (including phenoxy) is 1. The van der Waals surface area contributed by atoms with Crippen LogP contribution in [0.25, 0.3) is 16.8 Å². The summed E-state index contributed by atoms with van der Waals surface area (Å²) in [6, 6.07) is 10.9. The molecule has 11 heteroatoms. The van der Waals surface area contributed by atoms with Crippen LogP contribution in [-0.2, 0) is 14.8 Å². The van der Waals surface area contributed by atoms with Crippen molar-refractivity contribution in [1.29, 1.82) is 5.26 Å². The second-order valence-electron chi connectivity index (χ2n) is 7.68. The molecular weight excluding hydrogens is 438 g/mol. The van der Waals surface area contributed by atoms with Crippen molar-refractivity contribution in [2.24, 2.45) is 0 Å². The van der Waals surface area contributed by atoms with Gasteiger partial charge in [-0.3, -0.25) is 0 Å². The van der Waals surface area contributed by atoms with E-state index in [0.717, 1.165) is 22.5 Å². The Bertz CT molecular complexity index is 1160. The number of fused-ring (bicyclic) bond motifs is 1. The van der Waals surface area contributed by atoms with Crippen LogP contribution in [0.2, 0.25) is 0 Å². The molecule has 0 bridgehead atoms. The van der Waals surface area contributed by atoms with E-state index in [4.69, 9.17) is 9.84 Å². The molecule has 1 aliphatic rings. The van der Waals surface area contributed by atoms with E-state index in [0.29, 0.717) is 5.56 Å². The van der Waals surface area contributed by atoms with Crippen LogP contribution in [-0.4, -0.2) is 80.2 Å². The maximum absolute atomic E-state index is 12.8. The maximum Gasteiger partial charge on any atom is 0.251 e. The first-order valence-electron chi connectivity index (χ1n) is 9.73. The molecule has 172 valence electrons. The van der Waals surface area contributed by atoms with E-state index < -0.39 is 52.2 Å². The number of allylic oxidation sites excluding steroid dienone is 1. The lowest BCUT2D eigenvalue weighted by atomic mass is 9.98. The molecular formula is C21H25N3O7S. The maximum atomic E-state index is 12.8. The van der Waals surface area contributed by atoms with Crippen LogP contribution in [0.4, 0.5) is 5.69 Å². The van der Waals surface area contributed by atoms with Crippen molar-refractivity contribution in [1.82, 2.24) is 4.72 Å². The lowest BCUT2D eigenvalue weighted by Gasteiger charge is -2.40. The summed E-state index contributed by atoms with van der Waals surface area (Å²) in [4.78, 5) is 1.30. The number of nitrogens with one attached hydrogen (secondary N) is 1. The van der Waals surface area contributed by atoms with Crippen molar-refractivity contribution in [2.75, 3.05) is 25.6 Å². The van der Waals surface area contributed by atoms with Crippen LogP contribution in [0.3, 0.4) is 0 Å². The van der Waals surface area contributed by atoms with Crippen LogP contribution in [0.5, 0.6) is 0 Å². The van der Waals surface area contributed by atoms with Crippen molar-refractivity contribution < 1.29 is 33.6 Å². The Morgan fingerprint density at radius 1 is 1.16 bits per heavy atom. The predicted molar refractivity (Wildman–Crippen MR) is 118 cm³/mol. The highest BCUT2D eigenvalue weighted by atomic mass is 32.2. The zero-order valence-corrected chi connectivity index (χ0v) is 18.3. The molecule has 1 unspecified atom stereocenters. The Labute approximate surface area is 185 Å². The fourth-order valence-corrected chi connectivity index (χ4v) is 4.56. The Balaban J connectivity index is 1.88. The smallest absolute Gasteiger partial charge is 0.251 e. The minimum Gasteiger partial charge on any atom is -0.394 e. The molecule has 5 N–H and O–H groups in total. The normalized spacial score (nSPS) is 26.7. The van der Waals surface area contributed by atoms with E-state index in [1.807, 2.05) is 41.9 Å². The van der Waals surface area contributed by atoms with Crippen molar-refractivity contribution >= 4 is 32.6 Å². The topological polar surface area (TPSA) is 163 Å². The van der Waals surface area contributed by atoms with Crippen LogP contribution in [0.15, 0.2) is 41.3 Å². The molecule has 0 aromatic heterocycles. The Kier molecular flexibility index (Phi) is 7.16. The molecule has 32 heavy (non-hydrogen) atoms. The van der Waals surface area contributed by atoms with Gasteiger partial charge in [-0.15, -0.1) is 0 Å². The molecule has 1 fully saturated rings. The lowest BCUT2D eigenvalue weighted by Crippen LogP contribution is -2.64. The summed E-state index contributed by atoms with van der Waals surface area (Å²) in [5, 5.41) is 50.5. The second kappa shape index (κ2) is 9.51. The molecule has 10 nitrogen and oxygen atoms in total. The van der Waals surface area contributed by atoms with Crippen LogP contribution >= 0.6 is 0 Å². The van der Waals surface area contributed by atoms with E-state index in [1.54, 1.807) is 24.3 Å². The number of aliphatic hydroxyl groups is 4. The highest BCUT2D eigenvalue weighted by Gasteiger charge is 2.45. The average Bonchev–Trinajstić information content (AvgIpc) is 2.76. The van der Waals surface area contributed by atoms with Crippen molar-refractivity contribution in [3.05, 3.63) is 46.9 Å². The molecule has 0 amide bonds. The van der Waals surface area contributed by atoms with Gasteiger partial charge in [0.05, 0.1) is 6.61 Å². The minimum atomic E-state index is -4.49. The van der Waals surface area contributed by atoms with E-state index >= 15 is 0 Å². The first-order chi connectivity index (χ1) is 15.1. The lowest BCUT2D eigenvalue weighted by molar-refractivity contribution is -0.251. The van der Waals surface area contributed by atoms with E-state index in [2.05, 4.69) is 0 Å². The van der Waals surface area contributed by atoms with E-state index in [1.165, 1.54) is 0 Å². The summed E-state index contributed by atoms with van der Waals surface area (Å²) < 4.78 is 32.5. The van der Waals surface area contributed by atoms with Crippen LogP contribution < -0.4 is 9.62 Å². The molecule has 3 rings (SSSR count). The summed E-state index contributed by atoms with van der Waals surface area (Å²) in [5.74, 6) is 0. The third-order valence-electron chi connectivity index (χ3n) is 5.25. The van der Waals surface area contributed by atoms with Gasteiger partial charge < -0.3 is 30.1 Å². The summed E-state index contributed by atoms with van der Waals surface area (Å²) in [7, 11) is -0.645. The van der Waals surface area contributed by atoms with Gasteiger partial charge in [0.25, 0.3) is 10.0 Å². The number of hydrogen-bond acceptors (Lipinski definition) is 9. The summed E-state index contributed by atoms with van der Waals surface area (Å²) in [5.41, 5.74) is 1.46. The Morgan fingerprint density at radius 2 is 1.81 bits per heavy atom. The first kappa shape index (κ1) is 24.1. The number of aliphatic hydroxyl groups excluding tert-OH is 4. The highest BCUT2D eigenvalue weighted by Crippen LogP contribution is 2.25. The molecule has 2 aromatic carbocycles. The fourth-order valence-electron chi connectivity index (χ4n) is 3.41. The molecule has 0 radical (unpaired) electrons. The summed E-state index contributed by atoms with van der Waals surface area (Å²) >= 11 is 0. The predicted octanol–water partition coefficient (Wildman–Crippen LogP) is -0.510. The zero-order valence-electron chi connectivity index (χ0n) is 17.5. The zero-order chi connectivity index (χ0) is 23.6. The molecule has 0 spiro atoms. The Hall–Kier alpha value is -2.56. The average molecular weight is 464 g/mol. The van der Waals surface area contributed by atoms with Gasteiger partial charge in [-0.1, -0.05) is 18.2 Å². The number of sulfonamides is 1. The van der Waals surface area contributed by atoms with E-state index in [9.17, 15) is 29.0 Å². The fraction of sp³-hybridized carbons (Fsp3) is 0.381. The van der Waals surface area contributed by atoms with Gasteiger partial charge in [0.2, 0.25) is 0 Å². The second-order valence-corrected chi connectivity index (χ2v) is 9.36. The standard InChI is InChI=1S/C21H25N3O7S/c1-24(2)15-6-5-13-7-12(3-4-14(13)9-15)8-16(10-22)32(29,30)23-18-20(27)19(26)17(11-25)31-21(18)28/h3-9,17-21,23,25-28H,11H2,1-2H3/b16-8+/t17-,18-,19-,20-,21?/m1/s1. The van der Waals surface area contributed by atoms with Gasteiger partial charge in [0, 0.05) is 19.8 Å². The third-order valence-corrected chi connectivity index (χ3v) is 6.62. The quantitative estimate of drug-likeness (QED) is 0.355. The van der Waals surface area contributed by atoms with Gasteiger partial charge in [0.1, 0.15) is 30.4 Å². The number of rotatable bonds is 6. The number of hydrogen-bond donors (Lipinski definition) is 5. The number of nitriles is 1. The third kappa shape index (κ3) is 4.92. The van der Waals surface area contributed by atoms with Crippen molar-refractivity contribution in [3.63, 3.8) is 0 Å². The first-order valence-corrected chi connectivity index (χ1v) is 11.2. The van der Waals surface area contributed by atoms with Gasteiger partial charge in [0.15, 0.2) is 11.2 Å². The van der Waals surface area contributed by atoms with Gasteiger partial charge >= 0.3 is 0 Å². The van der Waals surface area contributed by atoms with Crippen LogP contribution in [0, 0.1) is 11.3 Å². The minimum absolute atomic E-state index is 0.457. The summed E-state index contributed by atoms with van der Waals surface area (Å²) in [6.45, 7) is -0.684. The number of nitrogens with zero attached hydrogens (tertiary/aromatic N) is 2. The van der Waals surface area contributed by atoms with Crippen LogP contribution in [0.1, 0.15) is 5.56 Å². The number of benzene rings is 2. The Morgan fingerprint density at radius 3 is 2.44 bits per heavy atom. The monoisotopic (exact) mass is 463 g/mol. The van der Waals surface area contributed by atoms with Crippen molar-refractivity contribution in [2.45, 2.75) is 30.6 Å². The highest BCUT2D eigenvalue weighted by molar-refractivity contribution is 7.93. The molecule has 1 saturated heterocycles. The molecule has 0 saturated carbocycles. The van der Waals surface area contributed by atoms with E-state index in [-0.39, 0.29) is 0 Å². The largest absolute Gasteiger partial charge is 0.394 e. The van der Waals surface area contributed by atoms with Crippen molar-refractivity contribution in [3.8, 4) is 6.07 Å². The molecule has 5 atom stereocenters. The molecule has 1 aliphatic heterocycles. The molecule has 2 aromatic rings. The molecule has 0 aliphatic carbocycles. The van der Waals surface area contributed by atoms with Gasteiger partial charge in [-0.05, 0) is 40.6 Å². The molecule has 1 heterocycles. The van der Waals surface area contributed by atoms with Gasteiger partial charge in [-0.25, -0.2) is 8.42 Å². The van der Waals surface area contributed by atoms with Gasteiger partial charge in [-0.2, -0.15) is 9.98 Å². The number of anilines is 1. The SMILES string of the molecule is CN(C)c1ccc2cc(/C=C(\C#N)S(=O)(=O)N[C@H]3C(O)O[C@H](CO)[C@@H](O)[C@@H]3O)ccc2c1. The summed E-state index contributed by atoms with van der Waals surface area (Å²) in [6.07, 6.45) is -5.36.